The van der Waals surface area contributed by atoms with Gasteiger partial charge in [0, 0.05) is 0 Å². The van der Waals surface area contributed by atoms with E-state index in [2.05, 4.69) is 10.3 Å². The number of nitrogens with one attached hydrogen (secondary N) is 1. The molecule has 5 heteroatoms. The summed E-state index contributed by atoms with van der Waals surface area (Å²) in [6.07, 6.45) is 2.81. The summed E-state index contributed by atoms with van der Waals surface area (Å²) in [5.74, 6) is 0.492. The number of aromatic nitrogens is 1. The van der Waals surface area contributed by atoms with Gasteiger partial charge in [-0.1, -0.05) is 12.1 Å². The lowest BCUT2D eigenvalue weighted by Gasteiger charge is -2.06. The van der Waals surface area contributed by atoms with Crippen LogP contribution in [0.25, 0.3) is 0 Å². The van der Waals surface area contributed by atoms with E-state index in [1.807, 2.05) is 31.2 Å². The topological polar surface area (TPSA) is 64.4 Å². The lowest BCUT2D eigenvalue weighted by atomic mass is 10.2. The summed E-state index contributed by atoms with van der Waals surface area (Å²) in [5.41, 5.74) is 1.77. The minimum Gasteiger partial charge on any atom is -0.484 e. The number of amides is 1. The van der Waals surface area contributed by atoms with Gasteiger partial charge in [0.25, 0.3) is 5.91 Å². The summed E-state index contributed by atoms with van der Waals surface area (Å²) in [7, 11) is 0. The van der Waals surface area contributed by atoms with E-state index >= 15 is 0 Å². The molecule has 1 N–H and O–H groups in total. The van der Waals surface area contributed by atoms with Crippen molar-refractivity contribution in [3.05, 3.63) is 48.2 Å². The Balaban J connectivity index is 1.75. The molecule has 1 aromatic heterocycles. The average molecular weight is 246 g/mol. The van der Waals surface area contributed by atoms with Crippen LogP contribution in [0.1, 0.15) is 11.3 Å². The van der Waals surface area contributed by atoms with Gasteiger partial charge < -0.3 is 14.5 Å². The van der Waals surface area contributed by atoms with Crippen LogP contribution in [0.3, 0.4) is 0 Å². The second-order valence-corrected chi connectivity index (χ2v) is 3.86. The maximum atomic E-state index is 11.5. The molecule has 1 amide bonds. The molecular formula is C13H14N2O3. The zero-order chi connectivity index (χ0) is 12.8. The van der Waals surface area contributed by atoms with Crippen LogP contribution >= 0.6 is 0 Å². The number of oxazole rings is 1. The molecule has 0 aliphatic carbocycles. The summed E-state index contributed by atoms with van der Waals surface area (Å²) < 4.78 is 10.2. The van der Waals surface area contributed by atoms with Gasteiger partial charge in [0.15, 0.2) is 13.0 Å². The molecule has 94 valence electrons. The highest BCUT2D eigenvalue weighted by Crippen LogP contribution is 2.11. The molecule has 0 bridgehead atoms. The van der Waals surface area contributed by atoms with Gasteiger partial charge in [-0.15, -0.1) is 0 Å². The highest BCUT2D eigenvalue weighted by molar-refractivity contribution is 5.77. The van der Waals surface area contributed by atoms with E-state index in [-0.39, 0.29) is 12.5 Å². The molecule has 0 aliphatic rings. The average Bonchev–Trinajstić information content (AvgIpc) is 2.87. The first kappa shape index (κ1) is 12.2. The van der Waals surface area contributed by atoms with Crippen molar-refractivity contribution in [2.75, 3.05) is 6.61 Å². The monoisotopic (exact) mass is 246 g/mol. The summed E-state index contributed by atoms with van der Waals surface area (Å²) in [6.45, 7) is 2.30. The Bertz CT molecular complexity index is 509. The van der Waals surface area contributed by atoms with Crippen LogP contribution < -0.4 is 10.1 Å². The smallest absolute Gasteiger partial charge is 0.258 e. The van der Waals surface area contributed by atoms with Crippen LogP contribution in [0, 0.1) is 6.92 Å². The van der Waals surface area contributed by atoms with Crippen LogP contribution in [0.15, 0.2) is 41.3 Å². The maximum absolute atomic E-state index is 11.5. The Morgan fingerprint density at radius 2 is 2.39 bits per heavy atom. The Morgan fingerprint density at radius 3 is 3.11 bits per heavy atom. The highest BCUT2D eigenvalue weighted by atomic mass is 16.5. The normalized spacial score (nSPS) is 10.1. The van der Waals surface area contributed by atoms with E-state index in [0.29, 0.717) is 18.0 Å². The molecule has 0 fully saturated rings. The minimum atomic E-state index is -0.195. The number of rotatable bonds is 5. The number of benzene rings is 1. The molecule has 0 aliphatic heterocycles. The van der Waals surface area contributed by atoms with Crippen molar-refractivity contribution in [2.24, 2.45) is 0 Å². The van der Waals surface area contributed by atoms with Gasteiger partial charge >= 0.3 is 0 Å². The molecule has 2 aromatic rings. The number of carbonyl (C=O) groups excluding carboxylic acids is 1. The Morgan fingerprint density at radius 1 is 1.50 bits per heavy atom. The van der Waals surface area contributed by atoms with Crippen LogP contribution in [-0.4, -0.2) is 17.5 Å². The van der Waals surface area contributed by atoms with Crippen molar-refractivity contribution in [1.82, 2.24) is 10.3 Å². The Hall–Kier alpha value is -2.30. The van der Waals surface area contributed by atoms with Crippen molar-refractivity contribution < 1.29 is 13.9 Å². The molecule has 0 saturated carbocycles. The molecule has 0 spiro atoms. The lowest BCUT2D eigenvalue weighted by molar-refractivity contribution is -0.123. The molecule has 1 aromatic carbocycles. The number of nitrogens with zero attached hydrogens (tertiary/aromatic N) is 1. The molecule has 0 atom stereocenters. The van der Waals surface area contributed by atoms with E-state index in [1.165, 1.54) is 12.7 Å². The summed E-state index contributed by atoms with van der Waals surface area (Å²) in [6, 6.07) is 7.55. The summed E-state index contributed by atoms with van der Waals surface area (Å²) in [5, 5.41) is 2.68. The standard InChI is InChI=1S/C13H14N2O3/c1-10-3-2-4-12(5-10)18-8-13(16)14-6-11-7-17-9-15-11/h2-5,7,9H,6,8H2,1H3,(H,14,16). The molecule has 5 nitrogen and oxygen atoms in total. The number of aryl methyl sites for hydroxylation is 1. The summed E-state index contributed by atoms with van der Waals surface area (Å²) >= 11 is 0. The van der Waals surface area contributed by atoms with Gasteiger partial charge in [0.05, 0.1) is 12.2 Å². The quantitative estimate of drug-likeness (QED) is 0.871. The molecule has 18 heavy (non-hydrogen) atoms. The zero-order valence-electron chi connectivity index (χ0n) is 10.1. The Labute approximate surface area is 105 Å². The third-order valence-electron chi connectivity index (χ3n) is 2.31. The minimum absolute atomic E-state index is 0.0126. The van der Waals surface area contributed by atoms with Crippen molar-refractivity contribution in [1.29, 1.82) is 0 Å². The molecule has 0 radical (unpaired) electrons. The van der Waals surface area contributed by atoms with Crippen molar-refractivity contribution in [3.8, 4) is 5.75 Å². The van der Waals surface area contributed by atoms with E-state index in [9.17, 15) is 4.79 Å². The first-order chi connectivity index (χ1) is 8.74. The molecular weight excluding hydrogens is 232 g/mol. The number of carbonyl (C=O) groups is 1. The number of ether oxygens (including phenoxy) is 1. The van der Waals surface area contributed by atoms with Gasteiger partial charge in [-0.25, -0.2) is 4.98 Å². The van der Waals surface area contributed by atoms with Crippen molar-refractivity contribution in [2.45, 2.75) is 13.5 Å². The fraction of sp³-hybridized carbons (Fsp3) is 0.231. The van der Waals surface area contributed by atoms with Crippen LogP contribution in [0.2, 0.25) is 0 Å². The first-order valence-electron chi connectivity index (χ1n) is 5.57. The second kappa shape index (κ2) is 5.86. The van der Waals surface area contributed by atoms with Crippen molar-refractivity contribution >= 4 is 5.91 Å². The van der Waals surface area contributed by atoms with Gasteiger partial charge in [0.1, 0.15) is 12.0 Å². The number of hydrogen-bond acceptors (Lipinski definition) is 4. The van der Waals surface area contributed by atoms with E-state index in [0.717, 1.165) is 5.56 Å². The largest absolute Gasteiger partial charge is 0.484 e. The van der Waals surface area contributed by atoms with E-state index < -0.39 is 0 Å². The molecule has 1 heterocycles. The number of hydrogen-bond donors (Lipinski definition) is 1. The predicted molar refractivity (Wildman–Crippen MR) is 65.0 cm³/mol. The second-order valence-electron chi connectivity index (χ2n) is 3.86. The Kier molecular flexibility index (Phi) is 3.96. The maximum Gasteiger partial charge on any atom is 0.258 e. The fourth-order valence-corrected chi connectivity index (χ4v) is 1.42. The molecule has 2 rings (SSSR count). The van der Waals surface area contributed by atoms with Gasteiger partial charge in [-0.2, -0.15) is 0 Å². The molecule has 0 unspecified atom stereocenters. The highest BCUT2D eigenvalue weighted by Gasteiger charge is 2.04. The third-order valence-corrected chi connectivity index (χ3v) is 2.31. The van der Waals surface area contributed by atoms with Crippen LogP contribution in [0.4, 0.5) is 0 Å². The van der Waals surface area contributed by atoms with Gasteiger partial charge in [0.2, 0.25) is 0 Å². The van der Waals surface area contributed by atoms with Crippen molar-refractivity contribution in [3.63, 3.8) is 0 Å². The van der Waals surface area contributed by atoms with E-state index in [1.54, 1.807) is 0 Å². The SMILES string of the molecule is Cc1cccc(OCC(=O)NCc2cocn2)c1. The van der Waals surface area contributed by atoms with Gasteiger partial charge in [-0.3, -0.25) is 4.79 Å². The lowest BCUT2D eigenvalue weighted by Crippen LogP contribution is -2.28. The summed E-state index contributed by atoms with van der Waals surface area (Å²) in [4.78, 5) is 15.4. The van der Waals surface area contributed by atoms with E-state index in [4.69, 9.17) is 9.15 Å². The predicted octanol–water partition coefficient (Wildman–Crippen LogP) is 1.68. The first-order valence-corrected chi connectivity index (χ1v) is 5.57. The van der Waals surface area contributed by atoms with Crippen LogP contribution in [0.5, 0.6) is 5.75 Å². The molecule has 0 saturated heterocycles. The zero-order valence-corrected chi connectivity index (χ0v) is 10.1. The van der Waals surface area contributed by atoms with Gasteiger partial charge in [-0.05, 0) is 24.6 Å². The van der Waals surface area contributed by atoms with Crippen LogP contribution in [-0.2, 0) is 11.3 Å². The third kappa shape index (κ3) is 3.62. The fourth-order valence-electron chi connectivity index (χ4n) is 1.42.